The summed E-state index contributed by atoms with van der Waals surface area (Å²) in [7, 11) is 0. The predicted molar refractivity (Wildman–Crippen MR) is 111 cm³/mol. The fourth-order valence-corrected chi connectivity index (χ4v) is 3.82. The lowest BCUT2D eigenvalue weighted by atomic mass is 9.92. The van der Waals surface area contributed by atoms with Gasteiger partial charge < -0.3 is 19.8 Å². The summed E-state index contributed by atoms with van der Waals surface area (Å²) in [5, 5.41) is 2.76. The van der Waals surface area contributed by atoms with Crippen molar-refractivity contribution in [2.75, 3.05) is 18.5 Å². The standard InChI is InChI=1S/C23H20FN3O3/c1-13-10-14(11-20-21(13)30-9-8-29-20)23(28)25-15-6-7-16(17(24)12-15)22-26-18-4-2-3-5-19(18)27-22/h2-7,10-13,21H,8-9H2,1H3,(H,25,28)(H,26,27). The fourth-order valence-electron chi connectivity index (χ4n) is 3.82. The lowest BCUT2D eigenvalue weighted by molar-refractivity contribution is -0.112. The van der Waals surface area contributed by atoms with Crippen molar-refractivity contribution in [2.45, 2.75) is 13.0 Å². The van der Waals surface area contributed by atoms with Crippen LogP contribution >= 0.6 is 0 Å². The van der Waals surface area contributed by atoms with Gasteiger partial charge in [0.15, 0.2) is 0 Å². The zero-order valence-electron chi connectivity index (χ0n) is 16.3. The molecule has 2 aromatic carbocycles. The van der Waals surface area contributed by atoms with Gasteiger partial charge in [0.2, 0.25) is 0 Å². The maximum Gasteiger partial charge on any atom is 0.255 e. The van der Waals surface area contributed by atoms with Gasteiger partial charge in [0.05, 0.1) is 23.2 Å². The molecule has 0 saturated carbocycles. The fraction of sp³-hybridized carbons (Fsp3) is 0.217. The van der Waals surface area contributed by atoms with E-state index in [2.05, 4.69) is 15.3 Å². The number of aromatic nitrogens is 2. The van der Waals surface area contributed by atoms with Gasteiger partial charge in [-0.3, -0.25) is 4.79 Å². The molecule has 152 valence electrons. The number of anilines is 1. The van der Waals surface area contributed by atoms with Gasteiger partial charge in [-0.25, -0.2) is 9.37 Å². The summed E-state index contributed by atoms with van der Waals surface area (Å²) in [6, 6.07) is 12.1. The molecule has 1 aliphatic carbocycles. The van der Waals surface area contributed by atoms with E-state index in [9.17, 15) is 9.18 Å². The molecule has 6 nitrogen and oxygen atoms in total. The summed E-state index contributed by atoms with van der Waals surface area (Å²) in [6.45, 7) is 2.98. The number of hydrogen-bond acceptors (Lipinski definition) is 4. The number of nitrogens with one attached hydrogen (secondary N) is 2. The van der Waals surface area contributed by atoms with Gasteiger partial charge in [0.25, 0.3) is 5.91 Å². The lowest BCUT2D eigenvalue weighted by Crippen LogP contribution is -2.34. The Hall–Kier alpha value is -3.45. The number of ether oxygens (including phenoxy) is 2. The van der Waals surface area contributed by atoms with Crippen LogP contribution in [0.2, 0.25) is 0 Å². The van der Waals surface area contributed by atoms with Crippen LogP contribution in [0.3, 0.4) is 0 Å². The SMILES string of the molecule is CC1C=C(C(=O)Nc2ccc(-c3nc4ccccc4[nH]3)c(F)c2)C=C2OCCOC21. The number of carbonyl (C=O) groups is 1. The van der Waals surface area contributed by atoms with Crippen LogP contribution in [0.25, 0.3) is 22.4 Å². The number of para-hydroxylation sites is 2. The molecule has 2 heterocycles. The Bertz CT molecular complexity index is 1160. The van der Waals surface area contributed by atoms with Gasteiger partial charge in [-0.15, -0.1) is 0 Å². The molecule has 1 fully saturated rings. The van der Waals surface area contributed by atoms with Crippen molar-refractivity contribution in [1.82, 2.24) is 9.97 Å². The van der Waals surface area contributed by atoms with Crippen LogP contribution in [0.5, 0.6) is 0 Å². The third-order valence-electron chi connectivity index (χ3n) is 5.28. The highest BCUT2D eigenvalue weighted by Gasteiger charge is 2.31. The summed E-state index contributed by atoms with van der Waals surface area (Å²) >= 11 is 0. The Morgan fingerprint density at radius 1 is 1.23 bits per heavy atom. The molecule has 1 aliphatic heterocycles. The average molecular weight is 405 g/mol. The summed E-state index contributed by atoms with van der Waals surface area (Å²) in [5.74, 6) is 0.324. The Morgan fingerprint density at radius 2 is 2.10 bits per heavy atom. The third-order valence-corrected chi connectivity index (χ3v) is 5.28. The normalized spacial score (nSPS) is 20.7. The van der Waals surface area contributed by atoms with Crippen molar-refractivity contribution in [3.05, 3.63) is 71.8 Å². The molecular formula is C23H20FN3O3. The van der Waals surface area contributed by atoms with E-state index >= 15 is 0 Å². The highest BCUT2D eigenvalue weighted by atomic mass is 19.1. The quantitative estimate of drug-likeness (QED) is 0.685. The molecule has 7 heteroatoms. The zero-order valence-corrected chi connectivity index (χ0v) is 16.3. The number of amides is 1. The maximum absolute atomic E-state index is 14.8. The van der Waals surface area contributed by atoms with E-state index in [1.165, 1.54) is 6.07 Å². The number of fused-ring (bicyclic) bond motifs is 2. The van der Waals surface area contributed by atoms with E-state index in [4.69, 9.17) is 9.47 Å². The van der Waals surface area contributed by atoms with Gasteiger partial charge >= 0.3 is 0 Å². The van der Waals surface area contributed by atoms with Crippen LogP contribution < -0.4 is 5.32 Å². The van der Waals surface area contributed by atoms with Gasteiger partial charge in [0.1, 0.15) is 30.1 Å². The first-order chi connectivity index (χ1) is 14.6. The molecule has 2 aliphatic rings. The van der Waals surface area contributed by atoms with Crippen molar-refractivity contribution >= 4 is 22.6 Å². The topological polar surface area (TPSA) is 76.2 Å². The van der Waals surface area contributed by atoms with Crippen LogP contribution in [-0.2, 0) is 14.3 Å². The summed E-state index contributed by atoms with van der Waals surface area (Å²) in [6.07, 6.45) is 3.38. The molecule has 2 N–H and O–H groups in total. The minimum absolute atomic E-state index is 0.0123. The minimum Gasteiger partial charge on any atom is -0.493 e. The molecule has 0 spiro atoms. The number of H-pyrrole nitrogens is 1. The number of nitrogens with zero attached hydrogens (tertiary/aromatic N) is 1. The van der Waals surface area contributed by atoms with Gasteiger partial charge in [-0.1, -0.05) is 25.1 Å². The molecule has 3 aromatic rings. The molecule has 2 atom stereocenters. The highest BCUT2D eigenvalue weighted by molar-refractivity contribution is 6.06. The maximum atomic E-state index is 14.8. The monoisotopic (exact) mass is 405 g/mol. The van der Waals surface area contributed by atoms with E-state index < -0.39 is 5.82 Å². The number of benzene rings is 2. The Balaban J connectivity index is 1.36. The van der Waals surface area contributed by atoms with E-state index in [0.717, 1.165) is 11.0 Å². The Morgan fingerprint density at radius 3 is 2.93 bits per heavy atom. The first kappa shape index (κ1) is 18.6. The van der Waals surface area contributed by atoms with Crippen molar-refractivity contribution in [2.24, 2.45) is 5.92 Å². The van der Waals surface area contributed by atoms with Crippen LogP contribution in [0.1, 0.15) is 6.92 Å². The molecule has 2 unspecified atom stereocenters. The second kappa shape index (κ2) is 7.42. The molecule has 1 saturated heterocycles. The molecular weight excluding hydrogens is 385 g/mol. The molecule has 0 bridgehead atoms. The van der Waals surface area contributed by atoms with E-state index in [0.29, 0.717) is 41.6 Å². The van der Waals surface area contributed by atoms with Crippen LogP contribution in [0, 0.1) is 11.7 Å². The Labute approximate surface area is 172 Å². The van der Waals surface area contributed by atoms with Crippen molar-refractivity contribution in [1.29, 1.82) is 0 Å². The first-order valence-electron chi connectivity index (χ1n) is 9.82. The average Bonchev–Trinajstić information content (AvgIpc) is 3.17. The third kappa shape index (κ3) is 3.37. The van der Waals surface area contributed by atoms with Crippen molar-refractivity contribution < 1.29 is 18.7 Å². The summed E-state index contributed by atoms with van der Waals surface area (Å²) in [5.41, 5.74) is 2.78. The number of imidazole rings is 1. The molecule has 1 amide bonds. The molecule has 0 radical (unpaired) electrons. The van der Waals surface area contributed by atoms with Gasteiger partial charge in [0, 0.05) is 17.2 Å². The molecule has 30 heavy (non-hydrogen) atoms. The second-order valence-corrected chi connectivity index (χ2v) is 7.42. The highest BCUT2D eigenvalue weighted by Crippen LogP contribution is 2.30. The van der Waals surface area contributed by atoms with Gasteiger partial charge in [-0.2, -0.15) is 0 Å². The number of aromatic amines is 1. The van der Waals surface area contributed by atoms with E-state index in [-0.39, 0.29) is 17.9 Å². The second-order valence-electron chi connectivity index (χ2n) is 7.42. The molecule has 1 aromatic heterocycles. The van der Waals surface area contributed by atoms with Gasteiger partial charge in [-0.05, 0) is 36.4 Å². The minimum atomic E-state index is -0.472. The lowest BCUT2D eigenvalue weighted by Gasteiger charge is -2.32. The summed E-state index contributed by atoms with van der Waals surface area (Å²) in [4.78, 5) is 20.3. The zero-order chi connectivity index (χ0) is 20.7. The molecule has 5 rings (SSSR count). The first-order valence-corrected chi connectivity index (χ1v) is 9.82. The summed E-state index contributed by atoms with van der Waals surface area (Å²) < 4.78 is 26.1. The van der Waals surface area contributed by atoms with E-state index in [1.54, 1.807) is 18.2 Å². The van der Waals surface area contributed by atoms with Crippen LogP contribution in [0.4, 0.5) is 10.1 Å². The largest absolute Gasteiger partial charge is 0.493 e. The Kier molecular flexibility index (Phi) is 4.59. The van der Waals surface area contributed by atoms with Crippen molar-refractivity contribution in [3.8, 4) is 11.4 Å². The van der Waals surface area contributed by atoms with E-state index in [1.807, 2.05) is 37.3 Å². The smallest absolute Gasteiger partial charge is 0.255 e. The number of rotatable bonds is 3. The number of halogens is 1. The van der Waals surface area contributed by atoms with Crippen LogP contribution in [-0.4, -0.2) is 35.2 Å². The van der Waals surface area contributed by atoms with Crippen molar-refractivity contribution in [3.63, 3.8) is 0 Å². The number of carbonyl (C=O) groups excluding carboxylic acids is 1. The van der Waals surface area contributed by atoms with Crippen LogP contribution in [0.15, 0.2) is 65.9 Å². The predicted octanol–water partition coefficient (Wildman–Crippen LogP) is 4.18. The number of hydrogen-bond donors (Lipinski definition) is 2.